The largest absolute Gasteiger partial charge is 0.496 e. The Morgan fingerprint density at radius 3 is 2.63 bits per heavy atom. The van der Waals surface area contributed by atoms with Crippen molar-refractivity contribution in [1.29, 1.82) is 0 Å². The summed E-state index contributed by atoms with van der Waals surface area (Å²) >= 11 is 6.37. The van der Waals surface area contributed by atoms with Gasteiger partial charge in [0.2, 0.25) is 5.82 Å². The summed E-state index contributed by atoms with van der Waals surface area (Å²) in [4.78, 5) is 29.8. The van der Waals surface area contributed by atoms with E-state index < -0.39 is 12.1 Å². The molecule has 0 aliphatic heterocycles. The minimum atomic E-state index is -0.829. The van der Waals surface area contributed by atoms with Gasteiger partial charge in [0, 0.05) is 0 Å². The fraction of sp³-hybridized carbons (Fsp3) is 0.143. The third kappa shape index (κ3) is 4.71. The molecule has 0 aliphatic carbocycles. The molecule has 0 N–H and O–H groups in total. The predicted molar refractivity (Wildman–Crippen MR) is 144 cm³/mol. The number of para-hydroxylation sites is 1. The normalized spacial score (nSPS) is 12.2. The Morgan fingerprint density at radius 1 is 1.05 bits per heavy atom. The molecule has 2 heterocycles. The highest BCUT2D eigenvalue weighted by atomic mass is 35.5. The molecule has 0 radical (unpaired) electrons. The van der Waals surface area contributed by atoms with Crippen LogP contribution in [-0.4, -0.2) is 42.2 Å². The fourth-order valence-electron chi connectivity index (χ4n) is 3.93. The Labute approximate surface area is 221 Å². The highest BCUT2D eigenvalue weighted by Gasteiger charge is 2.19. The Balaban J connectivity index is 1.58. The van der Waals surface area contributed by atoms with Crippen LogP contribution < -0.4 is 15.0 Å². The monoisotopic (exact) mass is 531 g/mol. The smallest absolute Gasteiger partial charge is 0.346 e. The summed E-state index contributed by atoms with van der Waals surface area (Å²) in [5, 5.41) is 5.85. The highest BCUT2D eigenvalue weighted by Crippen LogP contribution is 2.33. The van der Waals surface area contributed by atoms with E-state index >= 15 is 0 Å². The molecule has 0 fully saturated rings. The summed E-state index contributed by atoms with van der Waals surface area (Å²) in [6, 6.07) is 19.1. The van der Waals surface area contributed by atoms with Gasteiger partial charge in [0.05, 0.1) is 41.7 Å². The molecule has 10 heteroatoms. The second kappa shape index (κ2) is 10.4. The Morgan fingerprint density at radius 2 is 1.87 bits per heavy atom. The first-order chi connectivity index (χ1) is 18.4. The second-order valence-electron chi connectivity index (χ2n) is 8.27. The summed E-state index contributed by atoms with van der Waals surface area (Å²) < 4.78 is 22.9. The molecule has 1 atom stereocenters. The number of aromatic nitrogens is 2. The molecule has 38 heavy (non-hydrogen) atoms. The maximum Gasteiger partial charge on any atom is 0.346 e. The van der Waals surface area contributed by atoms with Gasteiger partial charge in [0.25, 0.3) is 5.56 Å². The SMILES string of the molecule is COC(=O)[C@H](C)Oc1ccc(C=Nn2c(-c3cc4c(OC)cccc4o3)nc3ccccc3c2=O)cc1Cl. The predicted octanol–water partition coefficient (Wildman–Crippen LogP) is 5.29. The zero-order valence-corrected chi connectivity index (χ0v) is 21.4. The van der Waals surface area contributed by atoms with Crippen LogP contribution in [0.2, 0.25) is 5.02 Å². The summed E-state index contributed by atoms with van der Waals surface area (Å²) in [6.45, 7) is 1.56. The zero-order chi connectivity index (χ0) is 26.8. The first-order valence-electron chi connectivity index (χ1n) is 11.6. The molecule has 0 saturated heterocycles. The topological polar surface area (TPSA) is 105 Å². The first kappa shape index (κ1) is 25.0. The van der Waals surface area contributed by atoms with E-state index in [2.05, 4.69) is 14.8 Å². The summed E-state index contributed by atoms with van der Waals surface area (Å²) in [5.74, 6) is 0.993. The van der Waals surface area contributed by atoms with Crippen LogP contribution in [0.25, 0.3) is 33.5 Å². The minimum Gasteiger partial charge on any atom is -0.496 e. The maximum absolute atomic E-state index is 13.5. The van der Waals surface area contributed by atoms with Crippen molar-refractivity contribution >= 4 is 45.7 Å². The molecular formula is C28H22ClN3O6. The van der Waals surface area contributed by atoms with E-state index in [4.69, 9.17) is 25.5 Å². The van der Waals surface area contributed by atoms with E-state index in [9.17, 15) is 9.59 Å². The number of benzene rings is 3. The van der Waals surface area contributed by atoms with E-state index in [-0.39, 0.29) is 16.4 Å². The summed E-state index contributed by atoms with van der Waals surface area (Å²) in [7, 11) is 2.86. The van der Waals surface area contributed by atoms with Gasteiger partial charge in [0.1, 0.15) is 17.1 Å². The van der Waals surface area contributed by atoms with E-state index in [1.807, 2.05) is 12.1 Å². The van der Waals surface area contributed by atoms with Crippen LogP contribution in [0.1, 0.15) is 12.5 Å². The number of fused-ring (bicyclic) bond motifs is 2. The molecule has 5 rings (SSSR count). The Hall–Kier alpha value is -4.63. The van der Waals surface area contributed by atoms with E-state index in [0.29, 0.717) is 39.3 Å². The van der Waals surface area contributed by atoms with Gasteiger partial charge in [-0.25, -0.2) is 9.78 Å². The summed E-state index contributed by atoms with van der Waals surface area (Å²) in [5.41, 5.74) is 1.31. The number of halogens is 1. The van der Waals surface area contributed by atoms with Crippen LogP contribution in [0.4, 0.5) is 0 Å². The van der Waals surface area contributed by atoms with Crippen molar-refractivity contribution in [3.05, 3.63) is 87.7 Å². The summed E-state index contributed by atoms with van der Waals surface area (Å²) in [6.07, 6.45) is 0.647. The van der Waals surface area contributed by atoms with Crippen molar-refractivity contribution in [1.82, 2.24) is 9.66 Å². The van der Waals surface area contributed by atoms with E-state index in [1.54, 1.807) is 68.6 Å². The lowest BCUT2D eigenvalue weighted by Crippen LogP contribution is -2.25. The average molecular weight is 532 g/mol. The van der Waals surface area contributed by atoms with Gasteiger partial charge < -0.3 is 18.6 Å². The third-order valence-corrected chi connectivity index (χ3v) is 6.13. The second-order valence-corrected chi connectivity index (χ2v) is 8.68. The molecule has 192 valence electrons. The van der Waals surface area contributed by atoms with Crippen molar-refractivity contribution in [2.75, 3.05) is 14.2 Å². The minimum absolute atomic E-state index is 0.223. The number of methoxy groups -OCH3 is 2. The number of hydrogen-bond acceptors (Lipinski definition) is 8. The number of hydrogen-bond donors (Lipinski definition) is 0. The molecular weight excluding hydrogens is 510 g/mol. The fourth-order valence-corrected chi connectivity index (χ4v) is 4.17. The Bertz CT molecular complexity index is 1760. The lowest BCUT2D eigenvalue weighted by molar-refractivity contribution is -0.147. The molecule has 0 aliphatic rings. The van der Waals surface area contributed by atoms with Crippen molar-refractivity contribution < 1.29 is 23.4 Å². The van der Waals surface area contributed by atoms with Gasteiger partial charge in [-0.2, -0.15) is 9.78 Å². The Kier molecular flexibility index (Phi) is 6.85. The van der Waals surface area contributed by atoms with Gasteiger partial charge in [-0.3, -0.25) is 4.79 Å². The van der Waals surface area contributed by atoms with Gasteiger partial charge >= 0.3 is 5.97 Å². The van der Waals surface area contributed by atoms with E-state index in [0.717, 1.165) is 5.39 Å². The van der Waals surface area contributed by atoms with E-state index in [1.165, 1.54) is 18.0 Å². The van der Waals surface area contributed by atoms with Crippen molar-refractivity contribution in [3.63, 3.8) is 0 Å². The number of rotatable bonds is 7. The van der Waals surface area contributed by atoms with Gasteiger partial charge in [-0.1, -0.05) is 29.8 Å². The van der Waals surface area contributed by atoms with Crippen LogP contribution in [0.5, 0.6) is 11.5 Å². The lowest BCUT2D eigenvalue weighted by Gasteiger charge is -2.13. The molecule has 0 spiro atoms. The van der Waals surface area contributed by atoms with Crippen LogP contribution >= 0.6 is 11.6 Å². The number of carbonyl (C=O) groups excluding carboxylic acids is 1. The molecule has 0 unspecified atom stereocenters. The lowest BCUT2D eigenvalue weighted by atomic mass is 10.2. The number of furan rings is 1. The molecule has 0 saturated carbocycles. The standard InChI is InChI=1S/C28H22ClN3O6/c1-16(28(34)36-3)37-24-12-11-17(13-20(24)29)15-30-32-26(31-21-8-5-4-7-18(21)27(32)33)25-14-19-22(35-2)9-6-10-23(19)38-25/h4-16H,1-3H3/t16-/m0/s1. The number of esters is 1. The highest BCUT2D eigenvalue weighted by molar-refractivity contribution is 6.32. The molecule has 2 aromatic heterocycles. The molecule has 0 bridgehead atoms. The number of ether oxygens (including phenoxy) is 3. The molecule has 9 nitrogen and oxygen atoms in total. The van der Waals surface area contributed by atoms with Crippen LogP contribution in [0.15, 0.2) is 81.0 Å². The molecule has 5 aromatic rings. The van der Waals surface area contributed by atoms with Crippen LogP contribution in [-0.2, 0) is 9.53 Å². The maximum atomic E-state index is 13.5. The quantitative estimate of drug-likeness (QED) is 0.207. The molecule has 3 aromatic carbocycles. The number of carbonyl (C=O) groups is 1. The van der Waals surface area contributed by atoms with Crippen molar-refractivity contribution in [2.45, 2.75) is 13.0 Å². The van der Waals surface area contributed by atoms with Crippen molar-refractivity contribution in [2.24, 2.45) is 5.10 Å². The van der Waals surface area contributed by atoms with Crippen LogP contribution in [0, 0.1) is 0 Å². The average Bonchev–Trinajstić information content (AvgIpc) is 3.37. The number of nitrogens with zero attached hydrogens (tertiary/aromatic N) is 3. The first-order valence-corrected chi connectivity index (χ1v) is 11.9. The van der Waals surface area contributed by atoms with Crippen LogP contribution in [0.3, 0.4) is 0 Å². The van der Waals surface area contributed by atoms with Gasteiger partial charge in [-0.15, -0.1) is 0 Å². The molecule has 0 amide bonds. The van der Waals surface area contributed by atoms with Gasteiger partial charge in [-0.05, 0) is 61.0 Å². The van der Waals surface area contributed by atoms with Gasteiger partial charge in [0.15, 0.2) is 11.9 Å². The third-order valence-electron chi connectivity index (χ3n) is 5.83. The van der Waals surface area contributed by atoms with Crippen molar-refractivity contribution in [3.8, 4) is 23.1 Å². The zero-order valence-electron chi connectivity index (χ0n) is 20.7.